The molecule has 0 bridgehead atoms. The number of aromatic amines is 1. The van der Waals surface area contributed by atoms with E-state index in [0.29, 0.717) is 0 Å². The van der Waals surface area contributed by atoms with Gasteiger partial charge in [0, 0.05) is 17.3 Å². The zero-order chi connectivity index (χ0) is 12.4. The first-order valence-corrected chi connectivity index (χ1v) is 5.62. The van der Waals surface area contributed by atoms with Gasteiger partial charge in [-0.15, -0.1) is 0 Å². The van der Waals surface area contributed by atoms with Crippen LogP contribution in [-0.2, 0) is 6.42 Å². The molecule has 0 atom stereocenters. The van der Waals surface area contributed by atoms with E-state index >= 15 is 0 Å². The van der Waals surface area contributed by atoms with Crippen LogP contribution in [0.3, 0.4) is 0 Å². The minimum atomic E-state index is -0.00453. The summed E-state index contributed by atoms with van der Waals surface area (Å²) >= 11 is 0. The summed E-state index contributed by atoms with van der Waals surface area (Å²) < 4.78 is 6.70. The van der Waals surface area contributed by atoms with E-state index in [-0.39, 0.29) is 5.56 Å². The predicted molar refractivity (Wildman–Crippen MR) is 67.1 cm³/mol. The molecule has 1 N–H and O–H groups in total. The zero-order valence-electron chi connectivity index (χ0n) is 10.3. The van der Waals surface area contributed by atoms with Gasteiger partial charge in [0.05, 0.1) is 12.8 Å². The Balaban J connectivity index is 2.56. The number of nitrogens with zero attached hydrogens (tertiary/aromatic N) is 1. The Kier molecular flexibility index (Phi) is 3.04. The maximum atomic E-state index is 12.0. The summed E-state index contributed by atoms with van der Waals surface area (Å²) in [6.45, 7) is 3.86. The van der Waals surface area contributed by atoms with Crippen molar-refractivity contribution in [2.24, 2.45) is 0 Å². The van der Waals surface area contributed by atoms with Gasteiger partial charge in [0.15, 0.2) is 0 Å². The maximum absolute atomic E-state index is 12.0. The molecular weight excluding hydrogens is 216 g/mol. The van der Waals surface area contributed by atoms with Crippen LogP contribution in [0.4, 0.5) is 0 Å². The quantitative estimate of drug-likeness (QED) is 0.880. The van der Waals surface area contributed by atoms with E-state index in [1.807, 2.05) is 38.1 Å². The average molecular weight is 232 g/mol. The number of hydrogen-bond acceptors (Lipinski definition) is 2. The third-order valence-corrected chi connectivity index (χ3v) is 2.89. The van der Waals surface area contributed by atoms with Crippen molar-refractivity contribution < 1.29 is 4.74 Å². The molecule has 0 aliphatic carbocycles. The third-order valence-electron chi connectivity index (χ3n) is 2.89. The molecule has 0 amide bonds. The second-order valence-electron chi connectivity index (χ2n) is 3.91. The molecule has 0 spiro atoms. The van der Waals surface area contributed by atoms with Gasteiger partial charge in [0.1, 0.15) is 5.75 Å². The van der Waals surface area contributed by atoms with Crippen LogP contribution < -0.4 is 10.3 Å². The highest BCUT2D eigenvalue weighted by molar-refractivity contribution is 5.39. The van der Waals surface area contributed by atoms with Gasteiger partial charge in [-0.05, 0) is 25.5 Å². The summed E-state index contributed by atoms with van der Waals surface area (Å²) in [7, 11) is 1.61. The van der Waals surface area contributed by atoms with Gasteiger partial charge in [0.25, 0.3) is 5.56 Å². The lowest BCUT2D eigenvalue weighted by Gasteiger charge is -2.04. The Hall–Kier alpha value is -1.97. The molecule has 4 nitrogen and oxygen atoms in total. The zero-order valence-corrected chi connectivity index (χ0v) is 10.3. The largest absolute Gasteiger partial charge is 0.497 e. The second-order valence-corrected chi connectivity index (χ2v) is 3.91. The lowest BCUT2D eigenvalue weighted by Crippen LogP contribution is -2.15. The number of ether oxygens (including phenoxy) is 1. The number of nitrogens with one attached hydrogen (secondary N) is 1. The van der Waals surface area contributed by atoms with Gasteiger partial charge in [0.2, 0.25) is 0 Å². The second kappa shape index (κ2) is 4.49. The van der Waals surface area contributed by atoms with Crippen molar-refractivity contribution in [3.8, 4) is 11.4 Å². The summed E-state index contributed by atoms with van der Waals surface area (Å²) in [5.41, 5.74) is 2.53. The fourth-order valence-corrected chi connectivity index (χ4v) is 1.84. The van der Waals surface area contributed by atoms with Crippen LogP contribution in [0.25, 0.3) is 5.69 Å². The van der Waals surface area contributed by atoms with Gasteiger partial charge < -0.3 is 4.74 Å². The monoisotopic (exact) mass is 232 g/mol. The molecule has 1 aromatic heterocycles. The van der Waals surface area contributed by atoms with Gasteiger partial charge >= 0.3 is 0 Å². The molecule has 0 radical (unpaired) electrons. The normalized spacial score (nSPS) is 10.5. The lowest BCUT2D eigenvalue weighted by molar-refractivity contribution is 0.414. The highest BCUT2D eigenvalue weighted by Gasteiger charge is 2.10. The van der Waals surface area contributed by atoms with E-state index in [0.717, 1.165) is 29.1 Å². The predicted octanol–water partition coefficient (Wildman–Crippen LogP) is 2.05. The molecule has 17 heavy (non-hydrogen) atoms. The van der Waals surface area contributed by atoms with Crippen LogP contribution in [0.5, 0.6) is 5.75 Å². The summed E-state index contributed by atoms with van der Waals surface area (Å²) in [5, 5.41) is 3.12. The highest BCUT2D eigenvalue weighted by Crippen LogP contribution is 2.15. The van der Waals surface area contributed by atoms with Gasteiger partial charge in [-0.1, -0.05) is 13.0 Å². The van der Waals surface area contributed by atoms with Gasteiger partial charge in [-0.3, -0.25) is 9.89 Å². The molecule has 0 saturated heterocycles. The molecule has 90 valence electrons. The Bertz CT molecular complexity index is 581. The number of aryl methyl sites for hydroxylation is 1. The molecule has 0 saturated carbocycles. The van der Waals surface area contributed by atoms with Crippen LogP contribution in [0.2, 0.25) is 0 Å². The highest BCUT2D eigenvalue weighted by atomic mass is 16.5. The molecule has 0 aliphatic rings. The number of benzene rings is 1. The molecule has 0 aliphatic heterocycles. The Morgan fingerprint density at radius 3 is 2.76 bits per heavy atom. The topological polar surface area (TPSA) is 47.0 Å². The van der Waals surface area contributed by atoms with Crippen LogP contribution in [0.15, 0.2) is 29.1 Å². The van der Waals surface area contributed by atoms with Crippen molar-refractivity contribution in [1.29, 1.82) is 0 Å². The van der Waals surface area contributed by atoms with E-state index in [1.165, 1.54) is 0 Å². The van der Waals surface area contributed by atoms with Crippen molar-refractivity contribution in [2.75, 3.05) is 7.11 Å². The number of hydrogen-bond donors (Lipinski definition) is 1. The SMILES string of the molecule is CCc1[nH]n(-c2cccc(OC)c2)c(=O)c1C. The lowest BCUT2D eigenvalue weighted by atomic mass is 10.2. The number of H-pyrrole nitrogens is 1. The number of rotatable bonds is 3. The molecule has 4 heteroatoms. The van der Waals surface area contributed by atoms with E-state index in [4.69, 9.17) is 4.74 Å². The summed E-state index contributed by atoms with van der Waals surface area (Å²) in [5.74, 6) is 0.736. The van der Waals surface area contributed by atoms with Crippen molar-refractivity contribution in [3.63, 3.8) is 0 Å². The van der Waals surface area contributed by atoms with Crippen LogP contribution in [-0.4, -0.2) is 16.9 Å². The first kappa shape index (κ1) is 11.5. The number of aromatic nitrogens is 2. The van der Waals surface area contributed by atoms with E-state index in [1.54, 1.807) is 11.8 Å². The van der Waals surface area contributed by atoms with Gasteiger partial charge in [-0.25, -0.2) is 4.68 Å². The summed E-state index contributed by atoms with van der Waals surface area (Å²) in [6, 6.07) is 7.42. The Morgan fingerprint density at radius 2 is 2.18 bits per heavy atom. The molecule has 2 rings (SSSR count). The molecule has 1 aromatic carbocycles. The molecule has 0 unspecified atom stereocenters. The van der Waals surface area contributed by atoms with Crippen molar-refractivity contribution >= 4 is 0 Å². The minimum absolute atomic E-state index is 0.00453. The molecule has 2 aromatic rings. The summed E-state index contributed by atoms with van der Waals surface area (Å²) in [6.07, 6.45) is 0.818. The molecular formula is C13H16N2O2. The first-order chi connectivity index (χ1) is 8.17. The standard InChI is InChI=1S/C13H16N2O2/c1-4-12-9(2)13(16)15(14-12)10-6-5-7-11(8-10)17-3/h5-8,14H,4H2,1-3H3. The fraction of sp³-hybridized carbons (Fsp3) is 0.308. The Labute approximate surface area is 99.8 Å². The first-order valence-electron chi connectivity index (χ1n) is 5.62. The van der Waals surface area contributed by atoms with Crippen LogP contribution in [0, 0.1) is 6.92 Å². The third kappa shape index (κ3) is 1.98. The van der Waals surface area contributed by atoms with Crippen molar-refractivity contribution in [2.45, 2.75) is 20.3 Å². The maximum Gasteiger partial charge on any atom is 0.274 e. The van der Waals surface area contributed by atoms with E-state index in [9.17, 15) is 4.79 Å². The molecule has 0 fully saturated rings. The van der Waals surface area contributed by atoms with Crippen molar-refractivity contribution in [1.82, 2.24) is 9.78 Å². The van der Waals surface area contributed by atoms with Crippen LogP contribution >= 0.6 is 0 Å². The Morgan fingerprint density at radius 1 is 1.41 bits per heavy atom. The van der Waals surface area contributed by atoms with Crippen molar-refractivity contribution in [3.05, 3.63) is 45.9 Å². The summed E-state index contributed by atoms with van der Waals surface area (Å²) in [4.78, 5) is 12.0. The average Bonchev–Trinajstić information content (AvgIpc) is 2.66. The van der Waals surface area contributed by atoms with E-state index < -0.39 is 0 Å². The van der Waals surface area contributed by atoms with Crippen LogP contribution in [0.1, 0.15) is 18.2 Å². The fourth-order valence-electron chi connectivity index (χ4n) is 1.84. The number of methoxy groups -OCH3 is 1. The van der Waals surface area contributed by atoms with Gasteiger partial charge in [-0.2, -0.15) is 0 Å². The minimum Gasteiger partial charge on any atom is -0.497 e. The molecule has 1 heterocycles. The smallest absolute Gasteiger partial charge is 0.274 e. The van der Waals surface area contributed by atoms with E-state index in [2.05, 4.69) is 5.10 Å².